The van der Waals surface area contributed by atoms with Crippen molar-refractivity contribution in [2.24, 2.45) is 34.5 Å². The van der Waals surface area contributed by atoms with Crippen molar-refractivity contribution < 1.29 is 19.3 Å². The monoisotopic (exact) mass is 374 g/mol. The Morgan fingerprint density at radius 2 is 1.74 bits per heavy atom. The van der Waals surface area contributed by atoms with Gasteiger partial charge in [0.1, 0.15) is 11.2 Å². The first-order valence-corrected chi connectivity index (χ1v) is 11.6. The van der Waals surface area contributed by atoms with Crippen molar-refractivity contribution in [1.29, 1.82) is 0 Å². The van der Waals surface area contributed by atoms with Crippen LogP contribution in [-0.4, -0.2) is 40.9 Å². The highest BCUT2D eigenvalue weighted by atomic mass is 16.8. The molecule has 0 unspecified atom stereocenters. The summed E-state index contributed by atoms with van der Waals surface area (Å²) in [7, 11) is 0. The van der Waals surface area contributed by atoms with Gasteiger partial charge in [-0.2, -0.15) is 0 Å². The fourth-order valence-electron chi connectivity index (χ4n) is 9.93. The van der Waals surface area contributed by atoms with E-state index in [1.165, 1.54) is 32.1 Å². The van der Waals surface area contributed by atoms with E-state index in [2.05, 4.69) is 20.8 Å². The van der Waals surface area contributed by atoms with Crippen molar-refractivity contribution in [3.63, 3.8) is 0 Å². The smallest absolute Gasteiger partial charge is 0.190 e. The summed E-state index contributed by atoms with van der Waals surface area (Å²) in [6, 6.07) is 0. The lowest BCUT2D eigenvalue weighted by Gasteiger charge is -2.65. The lowest BCUT2D eigenvalue weighted by Crippen LogP contribution is -2.68. The topological polar surface area (TPSA) is 51.2 Å². The zero-order valence-electron chi connectivity index (χ0n) is 16.9. The summed E-state index contributed by atoms with van der Waals surface area (Å²) in [5.74, 6) is 2.65. The van der Waals surface area contributed by atoms with E-state index in [9.17, 15) is 5.11 Å². The summed E-state index contributed by atoms with van der Waals surface area (Å²) in [5, 5.41) is 10.3. The molecule has 4 aliphatic heterocycles. The SMILES string of the molecule is C[C@@H]1O[C@@]12[C@@H]1O[C@@H]3C[C@H]2[C@@]2(C)CC[C@H]4[C@@H](CC[C@@H]5C[C@@H](O)CC[C@@]54C)[C@@]32O1. The normalized spacial score (nSPS) is 70.7. The molecule has 4 saturated heterocycles. The molecular formula is C23H34O4. The van der Waals surface area contributed by atoms with Gasteiger partial charge >= 0.3 is 0 Å². The van der Waals surface area contributed by atoms with Gasteiger partial charge in [-0.05, 0) is 81.5 Å². The van der Waals surface area contributed by atoms with Gasteiger partial charge in [-0.3, -0.25) is 0 Å². The van der Waals surface area contributed by atoms with Crippen LogP contribution in [0.4, 0.5) is 0 Å². The number of hydrogen-bond donors (Lipinski definition) is 1. The molecule has 8 aliphatic rings. The lowest BCUT2D eigenvalue weighted by atomic mass is 9.42. The molecule has 8 fully saturated rings. The Kier molecular flexibility index (Phi) is 2.83. The molecule has 4 heterocycles. The predicted molar refractivity (Wildman–Crippen MR) is 98.9 cm³/mol. The van der Waals surface area contributed by atoms with Gasteiger partial charge in [0, 0.05) is 11.3 Å². The van der Waals surface area contributed by atoms with Gasteiger partial charge in [0.05, 0.1) is 18.3 Å². The average molecular weight is 375 g/mol. The number of hydrogen-bond acceptors (Lipinski definition) is 4. The highest BCUT2D eigenvalue weighted by Gasteiger charge is 2.88. The summed E-state index contributed by atoms with van der Waals surface area (Å²) in [5.41, 5.74) is 0.358. The fraction of sp³-hybridized carbons (Fsp3) is 1.00. The highest BCUT2D eigenvalue weighted by Crippen LogP contribution is 2.79. The number of aliphatic hydroxyl groups excluding tert-OH is 1. The maximum Gasteiger partial charge on any atom is 0.190 e. The maximum absolute atomic E-state index is 10.3. The first-order valence-electron chi connectivity index (χ1n) is 11.6. The molecule has 0 aromatic rings. The van der Waals surface area contributed by atoms with E-state index >= 15 is 0 Å². The standard InChI is InChI=1S/C23H34O4/c1-12-22(26-12)17-11-18-23(27-19(22)25-18)16-5-4-13-10-14(24)6-8-20(13,2)15(16)7-9-21(17,23)3/h12-19,24H,4-11H2,1-3H3/t12-,13+,14-,15-,16+,17-,18+,19+,20-,21+,22-,23+/m0/s1. The molecular weight excluding hydrogens is 340 g/mol. The molecule has 2 spiro atoms. The molecule has 4 heteroatoms. The minimum Gasteiger partial charge on any atom is -0.393 e. The van der Waals surface area contributed by atoms with E-state index < -0.39 is 0 Å². The Hall–Kier alpha value is -0.160. The Balaban J connectivity index is 1.31. The van der Waals surface area contributed by atoms with Crippen molar-refractivity contribution in [1.82, 2.24) is 0 Å². The van der Waals surface area contributed by atoms with Crippen LogP contribution in [0.3, 0.4) is 0 Å². The van der Waals surface area contributed by atoms with Gasteiger partial charge in [0.2, 0.25) is 0 Å². The van der Waals surface area contributed by atoms with E-state index in [-0.39, 0.29) is 41.2 Å². The van der Waals surface area contributed by atoms with Gasteiger partial charge in [-0.15, -0.1) is 0 Å². The number of fused-ring (bicyclic) bond motifs is 3. The third-order valence-electron chi connectivity index (χ3n) is 11.2. The minimum atomic E-state index is -0.145. The minimum absolute atomic E-state index is 0.0713. The second kappa shape index (κ2) is 4.61. The van der Waals surface area contributed by atoms with Crippen molar-refractivity contribution in [2.75, 3.05) is 0 Å². The van der Waals surface area contributed by atoms with Crippen molar-refractivity contribution in [3.05, 3.63) is 0 Å². The van der Waals surface area contributed by atoms with E-state index in [1.54, 1.807) is 0 Å². The van der Waals surface area contributed by atoms with Crippen LogP contribution in [0.15, 0.2) is 0 Å². The number of rotatable bonds is 0. The maximum atomic E-state index is 10.3. The Morgan fingerprint density at radius 1 is 0.926 bits per heavy atom. The summed E-state index contributed by atoms with van der Waals surface area (Å²) in [6.07, 6.45) is 9.81. The number of epoxide rings is 1. The Labute approximate surface area is 162 Å². The van der Waals surface area contributed by atoms with E-state index in [1.807, 2.05) is 0 Å². The van der Waals surface area contributed by atoms with Gasteiger partial charge < -0.3 is 19.3 Å². The van der Waals surface area contributed by atoms with Crippen LogP contribution in [0.1, 0.15) is 72.1 Å². The fourth-order valence-corrected chi connectivity index (χ4v) is 9.93. The van der Waals surface area contributed by atoms with Crippen molar-refractivity contribution in [2.45, 2.75) is 108 Å². The summed E-state index contributed by atoms with van der Waals surface area (Å²) in [4.78, 5) is 0. The van der Waals surface area contributed by atoms with Crippen molar-refractivity contribution >= 4 is 0 Å². The van der Waals surface area contributed by atoms with E-state index in [4.69, 9.17) is 14.2 Å². The molecule has 4 aliphatic carbocycles. The molecule has 4 saturated carbocycles. The third kappa shape index (κ3) is 1.53. The largest absolute Gasteiger partial charge is 0.393 e. The summed E-state index contributed by atoms with van der Waals surface area (Å²) in [6.45, 7) is 7.28. The zero-order valence-corrected chi connectivity index (χ0v) is 16.9. The number of aliphatic hydroxyl groups is 1. The highest BCUT2D eigenvalue weighted by molar-refractivity contribution is 5.33. The average Bonchev–Trinajstić information content (AvgIpc) is 3.07. The summed E-state index contributed by atoms with van der Waals surface area (Å²) < 4.78 is 19.8. The second-order valence-corrected chi connectivity index (χ2v) is 11.6. The molecule has 4 bridgehead atoms. The molecule has 27 heavy (non-hydrogen) atoms. The van der Waals surface area contributed by atoms with E-state index in [0.29, 0.717) is 23.2 Å². The van der Waals surface area contributed by atoms with Gasteiger partial charge in [0.25, 0.3) is 0 Å². The Morgan fingerprint density at radius 3 is 2.52 bits per heavy atom. The molecule has 8 rings (SSSR count). The van der Waals surface area contributed by atoms with Crippen LogP contribution in [0, 0.1) is 34.5 Å². The van der Waals surface area contributed by atoms with E-state index in [0.717, 1.165) is 25.2 Å². The second-order valence-electron chi connectivity index (χ2n) is 11.6. The van der Waals surface area contributed by atoms with Crippen LogP contribution >= 0.6 is 0 Å². The molecule has 0 aromatic carbocycles. The molecule has 1 N–H and O–H groups in total. The molecule has 150 valence electrons. The van der Waals surface area contributed by atoms with Gasteiger partial charge in [-0.1, -0.05) is 13.8 Å². The zero-order chi connectivity index (χ0) is 18.4. The van der Waals surface area contributed by atoms with Crippen molar-refractivity contribution in [3.8, 4) is 0 Å². The van der Waals surface area contributed by atoms with Gasteiger partial charge in [0.15, 0.2) is 6.29 Å². The number of ether oxygens (including phenoxy) is 3. The molecule has 12 atom stereocenters. The Bertz CT molecular complexity index is 710. The lowest BCUT2D eigenvalue weighted by molar-refractivity contribution is -0.285. The third-order valence-corrected chi connectivity index (χ3v) is 11.2. The molecule has 0 radical (unpaired) electrons. The van der Waals surface area contributed by atoms with Crippen LogP contribution in [-0.2, 0) is 14.2 Å². The van der Waals surface area contributed by atoms with Crippen LogP contribution < -0.4 is 0 Å². The molecule has 0 aromatic heterocycles. The van der Waals surface area contributed by atoms with Crippen LogP contribution in [0.2, 0.25) is 0 Å². The molecule has 4 nitrogen and oxygen atoms in total. The predicted octanol–water partition coefficient (Wildman–Crippen LogP) is 3.65. The summed E-state index contributed by atoms with van der Waals surface area (Å²) >= 11 is 0. The first kappa shape index (κ1) is 16.6. The molecule has 0 amide bonds. The van der Waals surface area contributed by atoms with Crippen LogP contribution in [0.5, 0.6) is 0 Å². The first-order chi connectivity index (χ1) is 12.9. The quantitative estimate of drug-likeness (QED) is 0.658. The van der Waals surface area contributed by atoms with Gasteiger partial charge in [-0.25, -0.2) is 0 Å². The van der Waals surface area contributed by atoms with Crippen LogP contribution in [0.25, 0.3) is 0 Å².